The molecule has 2 saturated heterocycles. The zero-order valence-corrected chi connectivity index (χ0v) is 12.0. The molecular weight excluding hydrogens is 258 g/mol. The van der Waals surface area contributed by atoms with Crippen LogP contribution in [0.3, 0.4) is 0 Å². The van der Waals surface area contributed by atoms with Gasteiger partial charge in [-0.05, 0) is 38.0 Å². The van der Waals surface area contributed by atoms with Crippen molar-refractivity contribution in [3.05, 3.63) is 0 Å². The summed E-state index contributed by atoms with van der Waals surface area (Å²) in [4.78, 5) is 24.7. The number of nitrogens with two attached hydrogens (primary N) is 1. The highest BCUT2D eigenvalue weighted by atomic mass is 16.5. The lowest BCUT2D eigenvalue weighted by molar-refractivity contribution is -0.126. The van der Waals surface area contributed by atoms with Crippen molar-refractivity contribution in [1.82, 2.24) is 10.2 Å². The van der Waals surface area contributed by atoms with Gasteiger partial charge in [-0.2, -0.15) is 0 Å². The fourth-order valence-corrected chi connectivity index (χ4v) is 2.94. The van der Waals surface area contributed by atoms with Crippen LogP contribution in [0.1, 0.15) is 32.1 Å². The second-order valence-electron chi connectivity index (χ2n) is 5.74. The fourth-order valence-electron chi connectivity index (χ4n) is 2.94. The molecule has 6 heteroatoms. The van der Waals surface area contributed by atoms with Crippen LogP contribution in [0.15, 0.2) is 0 Å². The van der Waals surface area contributed by atoms with Crippen LogP contribution in [-0.4, -0.2) is 49.7 Å². The Morgan fingerprint density at radius 1 is 1.15 bits per heavy atom. The van der Waals surface area contributed by atoms with Gasteiger partial charge in [0.2, 0.25) is 5.91 Å². The lowest BCUT2D eigenvalue weighted by atomic mass is 9.95. The molecule has 2 heterocycles. The quantitative estimate of drug-likeness (QED) is 0.797. The molecule has 0 aromatic rings. The highest BCUT2D eigenvalue weighted by molar-refractivity contribution is 5.79. The van der Waals surface area contributed by atoms with E-state index < -0.39 is 0 Å². The van der Waals surface area contributed by atoms with Crippen LogP contribution in [0.5, 0.6) is 0 Å². The van der Waals surface area contributed by atoms with Crippen LogP contribution in [0.25, 0.3) is 0 Å². The zero-order valence-electron chi connectivity index (χ0n) is 12.0. The van der Waals surface area contributed by atoms with Gasteiger partial charge in [-0.1, -0.05) is 0 Å². The Labute approximate surface area is 120 Å². The standard InChI is InChI=1S/C14H25N3O3/c15-14(19)17-7-2-12(3-8-17)13(18)16-6-1-11-4-9-20-10-5-11/h11-12H,1-10H2,(H2,15,19)(H,16,18). The summed E-state index contributed by atoms with van der Waals surface area (Å²) >= 11 is 0. The third kappa shape index (κ3) is 4.37. The predicted octanol–water partition coefficient (Wildman–Crippen LogP) is 0.710. The molecule has 0 saturated carbocycles. The minimum absolute atomic E-state index is 0.0280. The molecule has 2 fully saturated rings. The predicted molar refractivity (Wildman–Crippen MR) is 75.1 cm³/mol. The zero-order chi connectivity index (χ0) is 14.4. The van der Waals surface area contributed by atoms with E-state index in [0.29, 0.717) is 31.8 Å². The summed E-state index contributed by atoms with van der Waals surface area (Å²) in [5.74, 6) is 0.835. The Bertz CT molecular complexity index is 335. The molecule has 0 radical (unpaired) electrons. The number of piperidine rings is 1. The summed E-state index contributed by atoms with van der Waals surface area (Å²) in [5.41, 5.74) is 5.23. The molecule has 0 atom stereocenters. The SMILES string of the molecule is NC(=O)N1CCC(C(=O)NCCC2CCOCC2)CC1. The number of hydrogen-bond acceptors (Lipinski definition) is 3. The van der Waals surface area contributed by atoms with E-state index in [1.165, 1.54) is 0 Å². The number of likely N-dealkylation sites (tertiary alicyclic amines) is 1. The lowest BCUT2D eigenvalue weighted by Crippen LogP contribution is -2.45. The van der Waals surface area contributed by atoms with Gasteiger partial charge < -0.3 is 20.7 Å². The molecule has 0 aromatic heterocycles. The summed E-state index contributed by atoms with van der Waals surface area (Å²) in [6.07, 6.45) is 4.67. The average Bonchev–Trinajstić information content (AvgIpc) is 2.48. The van der Waals surface area contributed by atoms with Crippen LogP contribution in [0.2, 0.25) is 0 Å². The molecule has 0 bridgehead atoms. The largest absolute Gasteiger partial charge is 0.381 e. The van der Waals surface area contributed by atoms with E-state index in [1.807, 2.05) is 0 Å². The van der Waals surface area contributed by atoms with Gasteiger partial charge in [-0.3, -0.25) is 4.79 Å². The van der Waals surface area contributed by atoms with E-state index in [1.54, 1.807) is 4.90 Å². The van der Waals surface area contributed by atoms with E-state index >= 15 is 0 Å². The van der Waals surface area contributed by atoms with Gasteiger partial charge in [0.25, 0.3) is 0 Å². The van der Waals surface area contributed by atoms with E-state index in [-0.39, 0.29) is 17.9 Å². The van der Waals surface area contributed by atoms with Gasteiger partial charge in [0.15, 0.2) is 0 Å². The number of nitrogens with zero attached hydrogens (tertiary/aromatic N) is 1. The normalized spacial score (nSPS) is 21.7. The molecule has 0 unspecified atom stereocenters. The summed E-state index contributed by atoms with van der Waals surface area (Å²) in [5, 5.41) is 3.03. The molecule has 3 N–H and O–H groups in total. The molecule has 3 amide bonds. The van der Waals surface area contributed by atoms with Crippen molar-refractivity contribution in [1.29, 1.82) is 0 Å². The number of nitrogens with one attached hydrogen (secondary N) is 1. The minimum atomic E-state index is -0.386. The van der Waals surface area contributed by atoms with Crippen molar-refractivity contribution in [2.45, 2.75) is 32.1 Å². The molecule has 0 aliphatic carbocycles. The highest BCUT2D eigenvalue weighted by Crippen LogP contribution is 2.19. The fraction of sp³-hybridized carbons (Fsp3) is 0.857. The summed E-state index contributed by atoms with van der Waals surface area (Å²) < 4.78 is 5.32. The van der Waals surface area contributed by atoms with E-state index in [2.05, 4.69) is 5.32 Å². The van der Waals surface area contributed by atoms with Gasteiger partial charge >= 0.3 is 6.03 Å². The van der Waals surface area contributed by atoms with Gasteiger partial charge in [-0.15, -0.1) is 0 Å². The number of urea groups is 1. The first-order valence-electron chi connectivity index (χ1n) is 7.56. The average molecular weight is 283 g/mol. The van der Waals surface area contributed by atoms with Crippen molar-refractivity contribution >= 4 is 11.9 Å². The Morgan fingerprint density at radius 3 is 2.40 bits per heavy atom. The van der Waals surface area contributed by atoms with Gasteiger partial charge in [0, 0.05) is 38.8 Å². The van der Waals surface area contributed by atoms with Crippen LogP contribution < -0.4 is 11.1 Å². The maximum Gasteiger partial charge on any atom is 0.314 e. The van der Waals surface area contributed by atoms with Crippen LogP contribution >= 0.6 is 0 Å². The van der Waals surface area contributed by atoms with Crippen LogP contribution in [0, 0.1) is 11.8 Å². The first-order valence-corrected chi connectivity index (χ1v) is 7.56. The second-order valence-corrected chi connectivity index (χ2v) is 5.74. The minimum Gasteiger partial charge on any atom is -0.381 e. The number of carbonyl (C=O) groups is 2. The third-order valence-electron chi connectivity index (χ3n) is 4.37. The molecule has 20 heavy (non-hydrogen) atoms. The molecule has 2 aliphatic heterocycles. The number of carbonyl (C=O) groups excluding carboxylic acids is 2. The number of rotatable bonds is 4. The smallest absolute Gasteiger partial charge is 0.314 e. The van der Waals surface area contributed by atoms with Crippen molar-refractivity contribution in [2.75, 3.05) is 32.8 Å². The number of primary amides is 1. The monoisotopic (exact) mass is 283 g/mol. The first-order chi connectivity index (χ1) is 9.66. The van der Waals surface area contributed by atoms with Crippen molar-refractivity contribution in [2.24, 2.45) is 17.6 Å². The Hall–Kier alpha value is -1.30. The van der Waals surface area contributed by atoms with Crippen LogP contribution in [-0.2, 0) is 9.53 Å². The number of hydrogen-bond donors (Lipinski definition) is 2. The molecular formula is C14H25N3O3. The van der Waals surface area contributed by atoms with E-state index in [9.17, 15) is 9.59 Å². The van der Waals surface area contributed by atoms with E-state index in [0.717, 1.165) is 39.0 Å². The maximum atomic E-state index is 12.0. The maximum absolute atomic E-state index is 12.0. The summed E-state index contributed by atoms with van der Waals surface area (Å²) in [6.45, 7) is 3.63. The Kier molecular flexibility index (Phi) is 5.64. The molecule has 114 valence electrons. The third-order valence-corrected chi connectivity index (χ3v) is 4.37. The van der Waals surface area contributed by atoms with Crippen molar-refractivity contribution in [3.63, 3.8) is 0 Å². The molecule has 2 aliphatic rings. The molecule has 6 nitrogen and oxygen atoms in total. The Balaban J connectivity index is 1.61. The Morgan fingerprint density at radius 2 is 1.80 bits per heavy atom. The van der Waals surface area contributed by atoms with E-state index in [4.69, 9.17) is 10.5 Å². The van der Waals surface area contributed by atoms with Crippen molar-refractivity contribution < 1.29 is 14.3 Å². The lowest BCUT2D eigenvalue weighted by Gasteiger charge is -2.30. The number of ether oxygens (including phenoxy) is 1. The first kappa shape index (κ1) is 15.1. The van der Waals surface area contributed by atoms with Gasteiger partial charge in [0.1, 0.15) is 0 Å². The summed E-state index contributed by atoms with van der Waals surface area (Å²) in [7, 11) is 0. The topological polar surface area (TPSA) is 84.7 Å². The molecule has 0 spiro atoms. The highest BCUT2D eigenvalue weighted by Gasteiger charge is 2.26. The van der Waals surface area contributed by atoms with Crippen molar-refractivity contribution in [3.8, 4) is 0 Å². The molecule has 0 aromatic carbocycles. The molecule has 2 rings (SSSR count). The second kappa shape index (κ2) is 7.47. The van der Waals surface area contributed by atoms with Crippen LogP contribution in [0.4, 0.5) is 4.79 Å². The summed E-state index contributed by atoms with van der Waals surface area (Å²) in [6, 6.07) is -0.386. The van der Waals surface area contributed by atoms with Gasteiger partial charge in [0.05, 0.1) is 0 Å². The number of amides is 3. The van der Waals surface area contributed by atoms with Gasteiger partial charge in [-0.25, -0.2) is 4.79 Å².